The monoisotopic (exact) mass is 886 g/mol. The Morgan fingerprint density at radius 2 is 0.754 bits per heavy atom. The van der Waals surface area contributed by atoms with E-state index in [1.54, 1.807) is 6.20 Å². The quantitative estimate of drug-likeness (QED) is 0.159. The summed E-state index contributed by atoms with van der Waals surface area (Å²) in [5.41, 5.74) is 18.2. The van der Waals surface area contributed by atoms with Crippen LogP contribution < -0.4 is 0 Å². The van der Waals surface area contributed by atoms with Gasteiger partial charge in [0, 0.05) is 86.2 Å². The van der Waals surface area contributed by atoms with Crippen LogP contribution in [0.15, 0.2) is 242 Å². The molecular weight excluding hydrogens is 845 g/mol. The largest absolute Gasteiger partial charge is 0.456 e. The van der Waals surface area contributed by atoms with Crippen LogP contribution in [0.5, 0.6) is 0 Å². The van der Waals surface area contributed by atoms with Crippen LogP contribution in [-0.4, -0.2) is 29.5 Å². The molecule has 0 fully saturated rings. The molecule has 7 aromatic heterocycles. The molecule has 0 radical (unpaired) electrons. The van der Waals surface area contributed by atoms with Gasteiger partial charge in [-0.3, -0.25) is 24.9 Å². The number of hydrogen-bond donors (Lipinski definition) is 0. The third kappa shape index (κ3) is 7.78. The topological polar surface area (TPSA) is 82.5 Å². The van der Waals surface area contributed by atoms with E-state index in [9.17, 15) is 0 Å². The van der Waals surface area contributed by atoms with Crippen molar-refractivity contribution in [2.45, 2.75) is 6.92 Å². The number of benzene rings is 6. The molecule has 0 saturated carbocycles. The first-order valence-corrected chi connectivity index (χ1v) is 23.0. The summed E-state index contributed by atoms with van der Waals surface area (Å²) >= 11 is 0. The van der Waals surface area contributed by atoms with Crippen molar-refractivity contribution in [1.82, 2.24) is 29.5 Å². The van der Waals surface area contributed by atoms with Crippen molar-refractivity contribution in [2.75, 3.05) is 0 Å². The first kappa shape index (κ1) is 41.1. The van der Waals surface area contributed by atoms with E-state index in [0.29, 0.717) is 0 Å². The van der Waals surface area contributed by atoms with E-state index in [1.165, 1.54) is 0 Å². The van der Waals surface area contributed by atoms with Gasteiger partial charge in [0.15, 0.2) is 0 Å². The Kier molecular flexibility index (Phi) is 10.6. The van der Waals surface area contributed by atoms with E-state index < -0.39 is 0 Å². The predicted octanol–water partition coefficient (Wildman–Crippen LogP) is 15.7. The average Bonchev–Trinajstić information content (AvgIpc) is 3.95. The summed E-state index contributed by atoms with van der Waals surface area (Å²) in [4.78, 5) is 22.9. The van der Waals surface area contributed by atoms with Crippen molar-refractivity contribution in [1.29, 1.82) is 0 Å². The molecule has 0 atom stereocenters. The summed E-state index contributed by atoms with van der Waals surface area (Å²) in [6, 6.07) is 71.6. The highest BCUT2D eigenvalue weighted by atomic mass is 16.3. The van der Waals surface area contributed by atoms with E-state index >= 15 is 0 Å². The molecule has 7 nitrogen and oxygen atoms in total. The lowest BCUT2D eigenvalue weighted by atomic mass is 9.94. The van der Waals surface area contributed by atoms with Gasteiger partial charge in [0.2, 0.25) is 0 Å². The molecule has 13 aromatic rings. The molecule has 0 spiro atoms. The van der Waals surface area contributed by atoms with Crippen LogP contribution in [0.2, 0.25) is 0 Å². The van der Waals surface area contributed by atoms with Crippen LogP contribution >= 0.6 is 0 Å². The third-order valence-corrected chi connectivity index (χ3v) is 12.7. The smallest absolute Gasteiger partial charge is 0.136 e. The van der Waals surface area contributed by atoms with Gasteiger partial charge in [-0.1, -0.05) is 91.0 Å². The van der Waals surface area contributed by atoms with Crippen molar-refractivity contribution in [3.8, 4) is 73.0 Å². The standard InChI is InChI=1S/C56H35N5O.C6H7N/c1-3-15-41(49-17-5-9-27-57-49)39(13-1)36-21-24-53-45(31-36)46-32-37(40-14-2-4-16-42(40)50-18-6-10-28-58-50)22-25-54(46)61(53)38-23-26-55-47(33-38)48-34-43(51-19-7-11-29-59-51)44(35-56(48)62-55)52-20-8-12-30-60-52;1-6-4-2-3-5-7-6/h1-35H;2-5H,1H3. The lowest BCUT2D eigenvalue weighted by Gasteiger charge is -2.11. The van der Waals surface area contributed by atoms with E-state index in [0.717, 1.165) is 122 Å². The number of fused-ring (bicyclic) bond motifs is 6. The number of aromatic nitrogens is 6. The maximum Gasteiger partial charge on any atom is 0.136 e. The van der Waals surface area contributed by atoms with Crippen LogP contribution in [0.3, 0.4) is 0 Å². The summed E-state index contributed by atoms with van der Waals surface area (Å²) in [7, 11) is 0. The molecule has 0 bridgehead atoms. The number of aryl methyl sites for hydroxylation is 1. The normalized spacial score (nSPS) is 11.3. The van der Waals surface area contributed by atoms with Gasteiger partial charge in [0.25, 0.3) is 0 Å². The molecule has 0 unspecified atom stereocenters. The predicted molar refractivity (Wildman–Crippen MR) is 281 cm³/mol. The van der Waals surface area contributed by atoms with Crippen molar-refractivity contribution >= 4 is 43.7 Å². The van der Waals surface area contributed by atoms with Gasteiger partial charge in [0.05, 0.1) is 33.8 Å². The second-order valence-corrected chi connectivity index (χ2v) is 16.9. The second kappa shape index (κ2) is 17.8. The molecule has 0 aliphatic heterocycles. The fraction of sp³-hybridized carbons (Fsp3) is 0.0161. The summed E-state index contributed by atoms with van der Waals surface area (Å²) in [5, 5.41) is 4.35. The highest BCUT2D eigenvalue weighted by Crippen LogP contribution is 2.43. The fourth-order valence-electron chi connectivity index (χ4n) is 9.46. The van der Waals surface area contributed by atoms with Gasteiger partial charge in [-0.05, 0) is 144 Å². The molecular formula is C62H42N6O. The Bertz CT molecular complexity index is 3810. The Hall–Kier alpha value is -9.33. The zero-order valence-electron chi connectivity index (χ0n) is 37.6. The molecule has 0 saturated heterocycles. The molecule has 0 amide bonds. The second-order valence-electron chi connectivity index (χ2n) is 16.9. The first-order valence-electron chi connectivity index (χ1n) is 23.0. The minimum Gasteiger partial charge on any atom is -0.456 e. The summed E-state index contributed by atoms with van der Waals surface area (Å²) in [6.45, 7) is 1.97. The van der Waals surface area contributed by atoms with Crippen molar-refractivity contribution < 1.29 is 4.42 Å². The lowest BCUT2D eigenvalue weighted by Crippen LogP contribution is -1.94. The Balaban J connectivity index is 0.000000649. The Labute approximate surface area is 398 Å². The number of nitrogens with zero attached hydrogens (tertiary/aromatic N) is 6. The van der Waals surface area contributed by atoms with Gasteiger partial charge in [-0.2, -0.15) is 0 Å². The molecule has 326 valence electrons. The SMILES string of the molecule is Cc1ccccn1.c1ccc(-c2ccccc2-c2ccc3c(c2)c2cc(-c4ccccc4-c4ccccn4)ccc2n3-c2ccc3oc4cc(-c5ccccn5)c(-c5ccccn5)cc4c3c2)nc1. The van der Waals surface area contributed by atoms with Crippen LogP contribution in [0.1, 0.15) is 5.69 Å². The number of rotatable bonds is 7. The third-order valence-electron chi connectivity index (χ3n) is 12.7. The van der Waals surface area contributed by atoms with Gasteiger partial charge < -0.3 is 8.98 Å². The zero-order valence-corrected chi connectivity index (χ0v) is 37.6. The van der Waals surface area contributed by atoms with Crippen LogP contribution in [-0.2, 0) is 0 Å². The molecule has 0 aliphatic carbocycles. The zero-order chi connectivity index (χ0) is 46.1. The molecule has 7 heterocycles. The molecule has 69 heavy (non-hydrogen) atoms. The molecule has 0 aliphatic rings. The minimum absolute atomic E-state index is 0.798. The van der Waals surface area contributed by atoms with Gasteiger partial charge in [0.1, 0.15) is 11.2 Å². The summed E-state index contributed by atoms with van der Waals surface area (Å²) < 4.78 is 8.99. The Morgan fingerprint density at radius 3 is 1.20 bits per heavy atom. The highest BCUT2D eigenvalue weighted by molar-refractivity contribution is 6.13. The number of furan rings is 1. The first-order chi connectivity index (χ1) is 34.1. The van der Waals surface area contributed by atoms with Gasteiger partial charge in [-0.15, -0.1) is 0 Å². The Morgan fingerprint density at radius 1 is 0.319 bits per heavy atom. The van der Waals surface area contributed by atoms with E-state index in [-0.39, 0.29) is 0 Å². The van der Waals surface area contributed by atoms with E-state index in [2.05, 4.69) is 137 Å². The van der Waals surface area contributed by atoms with E-state index in [1.807, 2.05) is 111 Å². The maximum absolute atomic E-state index is 6.61. The molecule has 7 heteroatoms. The number of pyridine rings is 5. The van der Waals surface area contributed by atoms with Gasteiger partial charge in [-0.25, -0.2) is 0 Å². The molecule has 0 N–H and O–H groups in total. The lowest BCUT2D eigenvalue weighted by molar-refractivity contribution is 0.669. The van der Waals surface area contributed by atoms with Gasteiger partial charge >= 0.3 is 0 Å². The van der Waals surface area contributed by atoms with Crippen molar-refractivity contribution in [3.05, 3.63) is 243 Å². The minimum atomic E-state index is 0.798. The highest BCUT2D eigenvalue weighted by Gasteiger charge is 2.20. The van der Waals surface area contributed by atoms with Crippen LogP contribution in [0.25, 0.3) is 117 Å². The average molecular weight is 887 g/mol. The van der Waals surface area contributed by atoms with Crippen molar-refractivity contribution in [2.24, 2.45) is 0 Å². The van der Waals surface area contributed by atoms with E-state index in [4.69, 9.17) is 24.4 Å². The maximum atomic E-state index is 6.61. The van der Waals surface area contributed by atoms with Crippen LogP contribution in [0, 0.1) is 6.92 Å². The molecule has 6 aromatic carbocycles. The van der Waals surface area contributed by atoms with Crippen LogP contribution in [0.4, 0.5) is 0 Å². The summed E-state index contributed by atoms with van der Waals surface area (Å²) in [6.07, 6.45) is 9.15. The molecule has 13 rings (SSSR count). The van der Waals surface area contributed by atoms with Crippen molar-refractivity contribution in [3.63, 3.8) is 0 Å². The fourth-order valence-corrected chi connectivity index (χ4v) is 9.46. The summed E-state index contributed by atoms with van der Waals surface area (Å²) in [5.74, 6) is 0. The number of hydrogen-bond acceptors (Lipinski definition) is 6.